The lowest BCUT2D eigenvalue weighted by Gasteiger charge is -2.17. The van der Waals surface area contributed by atoms with Crippen LogP contribution < -0.4 is 10.6 Å². The largest absolute Gasteiger partial charge is 0.399 e. The first-order valence-electron chi connectivity index (χ1n) is 5.57. The molecule has 0 radical (unpaired) electrons. The lowest BCUT2D eigenvalue weighted by atomic mass is 10.2. The molecule has 2 aromatic carbocycles. The van der Waals surface area contributed by atoms with Crippen LogP contribution >= 0.6 is 15.9 Å². The SMILES string of the molecule is CN(C(=O)c1cc(F)cc(Br)c1)c1ccc(N)cc1. The molecule has 2 rings (SSSR count). The molecule has 0 aliphatic heterocycles. The van der Waals surface area contributed by atoms with Gasteiger partial charge in [-0.2, -0.15) is 0 Å². The summed E-state index contributed by atoms with van der Waals surface area (Å²) in [5, 5.41) is 0. The minimum atomic E-state index is -0.455. The third kappa shape index (κ3) is 3.12. The van der Waals surface area contributed by atoms with Gasteiger partial charge in [0.05, 0.1) is 0 Å². The van der Waals surface area contributed by atoms with E-state index in [4.69, 9.17) is 5.73 Å². The number of carbonyl (C=O) groups is 1. The monoisotopic (exact) mass is 322 g/mol. The average molecular weight is 323 g/mol. The smallest absolute Gasteiger partial charge is 0.258 e. The van der Waals surface area contributed by atoms with E-state index in [1.165, 1.54) is 17.0 Å². The summed E-state index contributed by atoms with van der Waals surface area (Å²) in [6.07, 6.45) is 0. The van der Waals surface area contributed by atoms with Crippen molar-refractivity contribution in [2.45, 2.75) is 0 Å². The van der Waals surface area contributed by atoms with Crippen LogP contribution in [0.3, 0.4) is 0 Å². The van der Waals surface area contributed by atoms with E-state index in [2.05, 4.69) is 15.9 Å². The first-order chi connectivity index (χ1) is 8.97. The highest BCUT2D eigenvalue weighted by Crippen LogP contribution is 2.20. The number of nitrogen functional groups attached to an aromatic ring is 1. The number of benzene rings is 2. The number of hydrogen-bond acceptors (Lipinski definition) is 2. The Morgan fingerprint density at radius 1 is 1.21 bits per heavy atom. The van der Waals surface area contributed by atoms with Gasteiger partial charge in [-0.25, -0.2) is 4.39 Å². The molecule has 2 aromatic rings. The first-order valence-corrected chi connectivity index (χ1v) is 6.36. The van der Waals surface area contributed by atoms with Crippen molar-refractivity contribution in [1.29, 1.82) is 0 Å². The van der Waals surface area contributed by atoms with Gasteiger partial charge in [0.1, 0.15) is 5.82 Å². The second-order valence-corrected chi connectivity index (χ2v) is 5.03. The summed E-state index contributed by atoms with van der Waals surface area (Å²) in [6, 6.07) is 11.0. The molecule has 0 aliphatic rings. The van der Waals surface area contributed by atoms with Crippen molar-refractivity contribution >= 4 is 33.2 Å². The summed E-state index contributed by atoms with van der Waals surface area (Å²) in [7, 11) is 1.63. The normalized spacial score (nSPS) is 10.3. The van der Waals surface area contributed by atoms with Crippen LogP contribution in [-0.4, -0.2) is 13.0 Å². The molecule has 0 unspecified atom stereocenters. The maximum Gasteiger partial charge on any atom is 0.258 e. The molecular weight excluding hydrogens is 311 g/mol. The quantitative estimate of drug-likeness (QED) is 0.861. The van der Waals surface area contributed by atoms with E-state index in [-0.39, 0.29) is 11.5 Å². The Bertz CT molecular complexity index is 593. The van der Waals surface area contributed by atoms with E-state index in [0.717, 1.165) is 0 Å². The standard InChI is InChI=1S/C14H12BrFN2O/c1-18(13-4-2-12(17)3-5-13)14(19)9-6-10(15)8-11(16)7-9/h2-8H,17H2,1H3. The Balaban J connectivity index is 2.30. The van der Waals surface area contributed by atoms with Gasteiger partial charge >= 0.3 is 0 Å². The van der Waals surface area contributed by atoms with Gasteiger partial charge in [-0.3, -0.25) is 4.79 Å². The van der Waals surface area contributed by atoms with Crippen molar-refractivity contribution in [3.8, 4) is 0 Å². The van der Waals surface area contributed by atoms with Gasteiger partial charge in [0.2, 0.25) is 0 Å². The molecule has 0 atom stereocenters. The summed E-state index contributed by atoms with van der Waals surface area (Å²) in [4.78, 5) is 13.7. The van der Waals surface area contributed by atoms with Crippen LogP contribution in [0.15, 0.2) is 46.9 Å². The molecule has 0 bridgehead atoms. The van der Waals surface area contributed by atoms with Gasteiger partial charge in [-0.1, -0.05) is 15.9 Å². The van der Waals surface area contributed by atoms with Crippen molar-refractivity contribution in [1.82, 2.24) is 0 Å². The summed E-state index contributed by atoms with van der Waals surface area (Å²) >= 11 is 3.17. The zero-order valence-electron chi connectivity index (χ0n) is 10.2. The number of halogens is 2. The van der Waals surface area contributed by atoms with Gasteiger partial charge in [0, 0.05) is 28.5 Å². The van der Waals surface area contributed by atoms with Crippen molar-refractivity contribution in [2.24, 2.45) is 0 Å². The van der Waals surface area contributed by atoms with E-state index < -0.39 is 5.82 Å². The molecule has 2 N–H and O–H groups in total. The van der Waals surface area contributed by atoms with E-state index in [1.807, 2.05) is 0 Å². The number of amides is 1. The lowest BCUT2D eigenvalue weighted by Crippen LogP contribution is -2.26. The molecule has 0 heterocycles. The van der Waals surface area contributed by atoms with Gasteiger partial charge < -0.3 is 10.6 Å². The number of rotatable bonds is 2. The molecule has 19 heavy (non-hydrogen) atoms. The highest BCUT2D eigenvalue weighted by atomic mass is 79.9. The molecule has 3 nitrogen and oxygen atoms in total. The second-order valence-electron chi connectivity index (χ2n) is 4.11. The summed E-state index contributed by atoms with van der Waals surface area (Å²) in [6.45, 7) is 0. The molecule has 0 aromatic heterocycles. The molecule has 1 amide bonds. The Kier molecular flexibility index (Phi) is 3.85. The zero-order valence-corrected chi connectivity index (χ0v) is 11.8. The topological polar surface area (TPSA) is 46.3 Å². The second kappa shape index (κ2) is 5.40. The van der Waals surface area contributed by atoms with E-state index in [1.54, 1.807) is 37.4 Å². The molecule has 0 fully saturated rings. The number of nitrogens with two attached hydrogens (primary N) is 1. The molecule has 0 spiro atoms. The van der Waals surface area contributed by atoms with Crippen molar-refractivity contribution in [3.05, 3.63) is 58.3 Å². The highest BCUT2D eigenvalue weighted by Gasteiger charge is 2.14. The van der Waals surface area contributed by atoms with Crippen LogP contribution in [0.25, 0.3) is 0 Å². The fourth-order valence-corrected chi connectivity index (χ4v) is 2.15. The van der Waals surface area contributed by atoms with E-state index in [9.17, 15) is 9.18 Å². The minimum Gasteiger partial charge on any atom is -0.399 e. The van der Waals surface area contributed by atoms with Crippen LogP contribution in [0.4, 0.5) is 15.8 Å². The Labute approximate surface area is 119 Å². The van der Waals surface area contributed by atoms with E-state index in [0.29, 0.717) is 15.8 Å². The van der Waals surface area contributed by atoms with Crippen molar-refractivity contribution in [3.63, 3.8) is 0 Å². The average Bonchev–Trinajstić information content (AvgIpc) is 2.37. The molecule has 0 saturated heterocycles. The summed E-state index contributed by atoms with van der Waals surface area (Å²) in [5.74, 6) is -0.742. The molecule has 0 aliphatic carbocycles. The lowest BCUT2D eigenvalue weighted by molar-refractivity contribution is 0.0992. The number of anilines is 2. The van der Waals surface area contributed by atoms with E-state index >= 15 is 0 Å². The Morgan fingerprint density at radius 3 is 2.42 bits per heavy atom. The van der Waals surface area contributed by atoms with Gasteiger partial charge in [0.25, 0.3) is 5.91 Å². The highest BCUT2D eigenvalue weighted by molar-refractivity contribution is 9.10. The van der Waals surface area contributed by atoms with Crippen LogP contribution in [-0.2, 0) is 0 Å². The fourth-order valence-electron chi connectivity index (χ4n) is 1.69. The molecule has 98 valence electrons. The van der Waals surface area contributed by atoms with Crippen LogP contribution in [0.2, 0.25) is 0 Å². The summed E-state index contributed by atoms with van der Waals surface area (Å²) < 4.78 is 13.8. The summed E-state index contributed by atoms with van der Waals surface area (Å²) in [5.41, 5.74) is 7.20. The molecule has 0 saturated carbocycles. The van der Waals surface area contributed by atoms with Gasteiger partial charge in [0.15, 0.2) is 0 Å². The molecular formula is C14H12BrFN2O. The third-order valence-electron chi connectivity index (χ3n) is 2.69. The first kappa shape index (κ1) is 13.5. The number of hydrogen-bond donors (Lipinski definition) is 1. The van der Waals surface area contributed by atoms with Crippen LogP contribution in [0, 0.1) is 5.82 Å². The zero-order chi connectivity index (χ0) is 14.0. The third-order valence-corrected chi connectivity index (χ3v) is 3.15. The Morgan fingerprint density at radius 2 is 1.84 bits per heavy atom. The van der Waals surface area contributed by atoms with Crippen molar-refractivity contribution < 1.29 is 9.18 Å². The predicted molar refractivity (Wildman–Crippen MR) is 77.7 cm³/mol. The number of carbonyl (C=O) groups excluding carboxylic acids is 1. The molecule has 5 heteroatoms. The van der Waals surface area contributed by atoms with Crippen LogP contribution in [0.1, 0.15) is 10.4 Å². The Hall–Kier alpha value is -1.88. The van der Waals surface area contributed by atoms with Gasteiger partial charge in [-0.15, -0.1) is 0 Å². The number of nitrogens with zero attached hydrogens (tertiary/aromatic N) is 1. The van der Waals surface area contributed by atoms with Crippen molar-refractivity contribution in [2.75, 3.05) is 17.7 Å². The van der Waals surface area contributed by atoms with Crippen LogP contribution in [0.5, 0.6) is 0 Å². The van der Waals surface area contributed by atoms with Gasteiger partial charge in [-0.05, 0) is 42.5 Å². The fraction of sp³-hybridized carbons (Fsp3) is 0.0714. The maximum atomic E-state index is 13.3. The maximum absolute atomic E-state index is 13.3. The minimum absolute atomic E-state index is 0.284. The predicted octanol–water partition coefficient (Wildman–Crippen LogP) is 3.45.